The number of amides is 1. The molecular formula is C17H20N2O2. The summed E-state index contributed by atoms with van der Waals surface area (Å²) >= 11 is 0. The maximum atomic E-state index is 12.1. The van der Waals surface area contributed by atoms with E-state index in [0.717, 1.165) is 11.3 Å². The molecular weight excluding hydrogens is 264 g/mol. The fraction of sp³-hybridized carbons (Fsp3) is 0.294. The van der Waals surface area contributed by atoms with Crippen molar-refractivity contribution in [2.45, 2.75) is 32.8 Å². The molecule has 0 fully saturated rings. The van der Waals surface area contributed by atoms with Crippen LogP contribution in [-0.4, -0.2) is 17.0 Å². The van der Waals surface area contributed by atoms with E-state index in [0.29, 0.717) is 11.6 Å². The van der Waals surface area contributed by atoms with Crippen molar-refractivity contribution in [1.82, 2.24) is 4.98 Å². The predicted octanol–water partition coefficient (Wildman–Crippen LogP) is 3.61. The molecule has 0 unspecified atom stereocenters. The Balaban J connectivity index is 2.04. The van der Waals surface area contributed by atoms with E-state index in [2.05, 4.69) is 24.1 Å². The van der Waals surface area contributed by atoms with Crippen LogP contribution in [0, 0.1) is 0 Å². The quantitative estimate of drug-likeness (QED) is 0.912. The first-order valence-electron chi connectivity index (χ1n) is 7.04. The Hall–Kier alpha value is -2.36. The van der Waals surface area contributed by atoms with Crippen LogP contribution in [0.25, 0.3) is 0 Å². The number of hydrogen-bond donors (Lipinski definition) is 1. The molecule has 4 nitrogen and oxygen atoms in total. The molecule has 1 heterocycles. The lowest BCUT2D eigenvalue weighted by atomic mass is 10.0. The Morgan fingerprint density at radius 2 is 1.90 bits per heavy atom. The molecule has 0 saturated carbocycles. The van der Waals surface area contributed by atoms with Crippen molar-refractivity contribution in [3.8, 4) is 5.75 Å². The first kappa shape index (κ1) is 15.0. The molecule has 0 spiro atoms. The van der Waals surface area contributed by atoms with Crippen molar-refractivity contribution in [2.24, 2.45) is 0 Å². The number of ether oxygens (including phenoxy) is 1. The van der Waals surface area contributed by atoms with Gasteiger partial charge in [0.05, 0.1) is 11.9 Å². The van der Waals surface area contributed by atoms with Crippen LogP contribution in [0.5, 0.6) is 5.75 Å². The average molecular weight is 284 g/mol. The molecule has 1 amide bonds. The number of nitrogens with one attached hydrogen (secondary N) is 1. The highest BCUT2D eigenvalue weighted by atomic mass is 16.5. The molecule has 0 saturated heterocycles. The van der Waals surface area contributed by atoms with Gasteiger partial charge in [-0.25, -0.2) is 0 Å². The van der Waals surface area contributed by atoms with E-state index >= 15 is 0 Å². The summed E-state index contributed by atoms with van der Waals surface area (Å²) in [6, 6.07) is 11.4. The normalized spacial score (nSPS) is 12.0. The van der Waals surface area contributed by atoms with Crippen molar-refractivity contribution in [3.63, 3.8) is 0 Å². The number of carbonyl (C=O) groups excluding carboxylic acids is 1. The highest BCUT2D eigenvalue weighted by Crippen LogP contribution is 2.26. The van der Waals surface area contributed by atoms with Gasteiger partial charge < -0.3 is 10.1 Å². The summed E-state index contributed by atoms with van der Waals surface area (Å²) in [5.74, 6) is 0.901. The zero-order valence-electron chi connectivity index (χ0n) is 12.5. The number of nitrogens with zero attached hydrogens (tertiary/aromatic N) is 1. The second-order valence-corrected chi connectivity index (χ2v) is 5.18. The first-order valence-corrected chi connectivity index (χ1v) is 7.04. The molecule has 1 N–H and O–H groups in total. The van der Waals surface area contributed by atoms with Gasteiger partial charge in [-0.3, -0.25) is 9.78 Å². The van der Waals surface area contributed by atoms with Gasteiger partial charge in [0.1, 0.15) is 5.75 Å². The maximum Gasteiger partial charge on any atom is 0.265 e. The van der Waals surface area contributed by atoms with E-state index in [-0.39, 0.29) is 5.91 Å². The smallest absolute Gasteiger partial charge is 0.265 e. The number of aromatic nitrogens is 1. The van der Waals surface area contributed by atoms with Gasteiger partial charge in [0.15, 0.2) is 6.10 Å². The van der Waals surface area contributed by atoms with Gasteiger partial charge in [-0.2, -0.15) is 0 Å². The van der Waals surface area contributed by atoms with E-state index in [1.807, 2.05) is 24.3 Å². The number of para-hydroxylation sites is 1. The molecule has 4 heteroatoms. The van der Waals surface area contributed by atoms with Crippen LogP contribution in [0.2, 0.25) is 0 Å². The molecule has 0 aliphatic rings. The predicted molar refractivity (Wildman–Crippen MR) is 83.5 cm³/mol. The molecule has 0 aliphatic heterocycles. The van der Waals surface area contributed by atoms with Gasteiger partial charge in [0.2, 0.25) is 0 Å². The van der Waals surface area contributed by atoms with Crippen molar-refractivity contribution in [3.05, 3.63) is 54.4 Å². The van der Waals surface area contributed by atoms with Crippen molar-refractivity contribution >= 4 is 11.6 Å². The monoisotopic (exact) mass is 284 g/mol. The zero-order valence-corrected chi connectivity index (χ0v) is 12.5. The largest absolute Gasteiger partial charge is 0.481 e. The number of rotatable bonds is 5. The van der Waals surface area contributed by atoms with Crippen LogP contribution in [0.3, 0.4) is 0 Å². The molecule has 0 bridgehead atoms. The minimum atomic E-state index is -0.579. The van der Waals surface area contributed by atoms with Crippen LogP contribution in [0.15, 0.2) is 48.8 Å². The van der Waals surface area contributed by atoms with E-state index in [4.69, 9.17) is 4.74 Å². The number of carbonyl (C=O) groups is 1. The first-order chi connectivity index (χ1) is 10.1. The van der Waals surface area contributed by atoms with E-state index in [9.17, 15) is 4.79 Å². The summed E-state index contributed by atoms with van der Waals surface area (Å²) in [7, 11) is 0. The summed E-state index contributed by atoms with van der Waals surface area (Å²) in [5, 5.41) is 2.78. The summed E-state index contributed by atoms with van der Waals surface area (Å²) in [5.41, 5.74) is 1.76. The third-order valence-electron chi connectivity index (χ3n) is 3.14. The minimum absolute atomic E-state index is 0.193. The van der Waals surface area contributed by atoms with Gasteiger partial charge in [-0.05, 0) is 36.6 Å². The second-order valence-electron chi connectivity index (χ2n) is 5.18. The molecule has 0 aliphatic carbocycles. The Morgan fingerprint density at radius 1 is 1.14 bits per heavy atom. The fourth-order valence-corrected chi connectivity index (χ4v) is 1.99. The Kier molecular flexibility index (Phi) is 4.93. The standard InChI is InChI=1S/C17H20N2O2/c1-12(2)15-8-4-5-9-16(15)21-13(3)17(20)19-14-7-6-10-18-11-14/h4-13H,1-3H3,(H,19,20)/t13-/m1/s1. The van der Waals surface area contributed by atoms with E-state index in [1.54, 1.807) is 31.5 Å². The van der Waals surface area contributed by atoms with Crippen LogP contribution in [-0.2, 0) is 4.79 Å². The minimum Gasteiger partial charge on any atom is -0.481 e. The van der Waals surface area contributed by atoms with E-state index in [1.165, 1.54) is 0 Å². The third-order valence-corrected chi connectivity index (χ3v) is 3.14. The molecule has 1 aromatic heterocycles. The SMILES string of the molecule is CC(C)c1ccccc1O[C@H](C)C(=O)Nc1cccnc1. The maximum absolute atomic E-state index is 12.1. The Morgan fingerprint density at radius 3 is 2.57 bits per heavy atom. The summed E-state index contributed by atoms with van der Waals surface area (Å²) in [6.45, 7) is 5.94. The topological polar surface area (TPSA) is 51.2 Å². The van der Waals surface area contributed by atoms with Gasteiger partial charge in [-0.1, -0.05) is 32.0 Å². The van der Waals surface area contributed by atoms with Gasteiger partial charge in [-0.15, -0.1) is 0 Å². The van der Waals surface area contributed by atoms with Crippen LogP contribution >= 0.6 is 0 Å². The molecule has 0 radical (unpaired) electrons. The Labute approximate surface area is 125 Å². The van der Waals surface area contributed by atoms with Gasteiger partial charge in [0.25, 0.3) is 5.91 Å². The van der Waals surface area contributed by atoms with E-state index < -0.39 is 6.10 Å². The molecule has 2 aromatic rings. The molecule has 21 heavy (non-hydrogen) atoms. The van der Waals surface area contributed by atoms with Gasteiger partial charge in [0, 0.05) is 6.20 Å². The lowest BCUT2D eigenvalue weighted by molar-refractivity contribution is -0.122. The zero-order chi connectivity index (χ0) is 15.2. The van der Waals surface area contributed by atoms with Crippen molar-refractivity contribution < 1.29 is 9.53 Å². The number of benzene rings is 1. The molecule has 1 aromatic carbocycles. The lowest BCUT2D eigenvalue weighted by Gasteiger charge is -2.18. The third kappa shape index (κ3) is 4.05. The van der Waals surface area contributed by atoms with Gasteiger partial charge >= 0.3 is 0 Å². The second kappa shape index (κ2) is 6.88. The molecule has 1 atom stereocenters. The van der Waals surface area contributed by atoms with Crippen LogP contribution in [0.1, 0.15) is 32.3 Å². The number of hydrogen-bond acceptors (Lipinski definition) is 3. The van der Waals surface area contributed by atoms with Crippen molar-refractivity contribution in [2.75, 3.05) is 5.32 Å². The number of pyridine rings is 1. The lowest BCUT2D eigenvalue weighted by Crippen LogP contribution is -2.30. The molecule has 2 rings (SSSR count). The fourth-order valence-electron chi connectivity index (χ4n) is 1.99. The molecule has 110 valence electrons. The summed E-state index contributed by atoms with van der Waals surface area (Å²) in [4.78, 5) is 16.1. The summed E-state index contributed by atoms with van der Waals surface area (Å²) < 4.78 is 5.81. The highest BCUT2D eigenvalue weighted by molar-refractivity contribution is 5.93. The Bertz CT molecular complexity index is 597. The average Bonchev–Trinajstić information content (AvgIpc) is 2.48. The number of anilines is 1. The summed E-state index contributed by atoms with van der Waals surface area (Å²) in [6.07, 6.45) is 2.69. The highest BCUT2D eigenvalue weighted by Gasteiger charge is 2.17. The van der Waals surface area contributed by atoms with Crippen LogP contribution in [0.4, 0.5) is 5.69 Å². The van der Waals surface area contributed by atoms with Crippen LogP contribution < -0.4 is 10.1 Å². The van der Waals surface area contributed by atoms with Crippen molar-refractivity contribution in [1.29, 1.82) is 0 Å².